The van der Waals surface area contributed by atoms with Crippen molar-refractivity contribution < 1.29 is 9.53 Å². The van der Waals surface area contributed by atoms with E-state index < -0.39 is 0 Å². The second kappa shape index (κ2) is 5.86. The molecule has 0 fully saturated rings. The van der Waals surface area contributed by atoms with E-state index in [1.165, 1.54) is 11.1 Å². The minimum atomic E-state index is 0.0364. The quantitative estimate of drug-likeness (QED) is 0.917. The van der Waals surface area contributed by atoms with Gasteiger partial charge in [-0.25, -0.2) is 0 Å². The van der Waals surface area contributed by atoms with Gasteiger partial charge in [-0.05, 0) is 36.0 Å². The van der Waals surface area contributed by atoms with E-state index in [0.29, 0.717) is 6.42 Å². The van der Waals surface area contributed by atoms with Crippen molar-refractivity contribution in [1.82, 2.24) is 5.32 Å². The van der Waals surface area contributed by atoms with Crippen LogP contribution < -0.4 is 10.1 Å². The van der Waals surface area contributed by atoms with Crippen LogP contribution in [0.2, 0.25) is 0 Å². The van der Waals surface area contributed by atoms with Gasteiger partial charge in [0.25, 0.3) is 0 Å². The smallest absolute Gasteiger partial charge is 0.220 e. The molecule has 1 atom stereocenters. The summed E-state index contributed by atoms with van der Waals surface area (Å²) in [5.41, 5.74) is 2.59. The molecule has 1 aliphatic rings. The molecule has 1 unspecified atom stereocenters. The van der Waals surface area contributed by atoms with E-state index >= 15 is 0 Å². The maximum absolute atomic E-state index is 11.9. The number of hydrogen-bond acceptors (Lipinski definition) is 2. The van der Waals surface area contributed by atoms with E-state index in [-0.39, 0.29) is 17.4 Å². The molecule has 1 heterocycles. The van der Waals surface area contributed by atoms with Crippen LogP contribution >= 0.6 is 0 Å². The number of benzene rings is 1. The highest BCUT2D eigenvalue weighted by molar-refractivity contribution is 5.76. The monoisotopic (exact) mass is 275 g/mol. The molecule has 0 saturated carbocycles. The Kier molecular flexibility index (Phi) is 4.36. The van der Waals surface area contributed by atoms with Crippen LogP contribution in [0.15, 0.2) is 18.2 Å². The van der Waals surface area contributed by atoms with E-state index in [4.69, 9.17) is 4.74 Å². The first kappa shape index (κ1) is 14.9. The van der Waals surface area contributed by atoms with Crippen LogP contribution in [0.5, 0.6) is 5.75 Å². The minimum Gasteiger partial charge on any atom is -0.493 e. The highest BCUT2D eigenvalue weighted by Crippen LogP contribution is 2.26. The van der Waals surface area contributed by atoms with Gasteiger partial charge in [-0.2, -0.15) is 0 Å². The van der Waals surface area contributed by atoms with Crippen LogP contribution in [0.1, 0.15) is 45.2 Å². The van der Waals surface area contributed by atoms with E-state index in [0.717, 1.165) is 25.2 Å². The SMILES string of the molecule is CC(Cc1ccc2c(c1)CCO2)NC(=O)CC(C)(C)C. The zero-order valence-electron chi connectivity index (χ0n) is 13.0. The highest BCUT2D eigenvalue weighted by atomic mass is 16.5. The lowest BCUT2D eigenvalue weighted by Gasteiger charge is -2.20. The van der Waals surface area contributed by atoms with Crippen molar-refractivity contribution >= 4 is 5.91 Å². The predicted molar refractivity (Wildman–Crippen MR) is 81.0 cm³/mol. The van der Waals surface area contributed by atoms with Crippen molar-refractivity contribution in [3.63, 3.8) is 0 Å². The lowest BCUT2D eigenvalue weighted by molar-refractivity contribution is -0.123. The first-order valence-corrected chi connectivity index (χ1v) is 7.37. The summed E-state index contributed by atoms with van der Waals surface area (Å²) in [7, 11) is 0. The molecular weight excluding hydrogens is 250 g/mol. The summed E-state index contributed by atoms with van der Waals surface area (Å²) in [6.45, 7) is 9.09. The van der Waals surface area contributed by atoms with Crippen LogP contribution in [0.3, 0.4) is 0 Å². The van der Waals surface area contributed by atoms with Crippen LogP contribution in [0, 0.1) is 5.41 Å². The van der Waals surface area contributed by atoms with Crippen molar-refractivity contribution in [3.8, 4) is 5.75 Å². The number of rotatable bonds is 4. The fraction of sp³-hybridized carbons (Fsp3) is 0.588. The fourth-order valence-electron chi connectivity index (χ4n) is 2.58. The first-order valence-electron chi connectivity index (χ1n) is 7.37. The molecule has 3 nitrogen and oxygen atoms in total. The van der Waals surface area contributed by atoms with E-state index in [9.17, 15) is 4.79 Å². The van der Waals surface area contributed by atoms with Gasteiger partial charge in [0.15, 0.2) is 0 Å². The molecule has 3 heteroatoms. The maximum atomic E-state index is 11.9. The molecular formula is C17H25NO2. The van der Waals surface area contributed by atoms with Gasteiger partial charge in [0.05, 0.1) is 6.61 Å². The summed E-state index contributed by atoms with van der Waals surface area (Å²) < 4.78 is 5.51. The van der Waals surface area contributed by atoms with Crippen molar-refractivity contribution in [3.05, 3.63) is 29.3 Å². The number of amides is 1. The molecule has 1 aliphatic heterocycles. The molecule has 0 bridgehead atoms. The normalized spacial score (nSPS) is 15.4. The van der Waals surface area contributed by atoms with Crippen molar-refractivity contribution in [1.29, 1.82) is 0 Å². The maximum Gasteiger partial charge on any atom is 0.220 e. The Hall–Kier alpha value is -1.51. The van der Waals surface area contributed by atoms with Crippen LogP contribution in [0.4, 0.5) is 0 Å². The van der Waals surface area contributed by atoms with Gasteiger partial charge in [0, 0.05) is 18.9 Å². The van der Waals surface area contributed by atoms with Gasteiger partial charge in [0.1, 0.15) is 5.75 Å². The summed E-state index contributed by atoms with van der Waals surface area (Å²) >= 11 is 0. The Morgan fingerprint density at radius 1 is 1.40 bits per heavy atom. The third-order valence-corrected chi connectivity index (χ3v) is 3.39. The van der Waals surface area contributed by atoms with Gasteiger partial charge in [-0.3, -0.25) is 4.79 Å². The summed E-state index contributed by atoms with van der Waals surface area (Å²) in [5.74, 6) is 1.15. The van der Waals surface area contributed by atoms with Gasteiger partial charge in [-0.1, -0.05) is 32.9 Å². The number of ether oxygens (including phenoxy) is 1. The molecule has 1 aromatic rings. The molecule has 110 valence electrons. The summed E-state index contributed by atoms with van der Waals surface area (Å²) in [6.07, 6.45) is 2.42. The van der Waals surface area contributed by atoms with Gasteiger partial charge >= 0.3 is 0 Å². The van der Waals surface area contributed by atoms with Crippen LogP contribution in [-0.2, 0) is 17.6 Å². The largest absolute Gasteiger partial charge is 0.493 e. The van der Waals surface area contributed by atoms with Crippen LogP contribution in [0.25, 0.3) is 0 Å². The van der Waals surface area contributed by atoms with Crippen LogP contribution in [-0.4, -0.2) is 18.6 Å². The average Bonchev–Trinajstić information content (AvgIpc) is 2.72. The Labute approximate surface area is 121 Å². The summed E-state index contributed by atoms with van der Waals surface area (Å²) in [5, 5.41) is 3.08. The fourth-order valence-corrected chi connectivity index (χ4v) is 2.58. The Bertz CT molecular complexity index is 488. The minimum absolute atomic E-state index is 0.0364. The van der Waals surface area contributed by atoms with E-state index in [2.05, 4.69) is 45.1 Å². The lowest BCUT2D eigenvalue weighted by Crippen LogP contribution is -2.36. The predicted octanol–water partition coefficient (Wildman–Crippen LogP) is 3.10. The van der Waals surface area contributed by atoms with Crippen molar-refractivity contribution in [2.75, 3.05) is 6.61 Å². The highest BCUT2D eigenvalue weighted by Gasteiger charge is 2.18. The number of carbonyl (C=O) groups is 1. The molecule has 0 aromatic heterocycles. The number of carbonyl (C=O) groups excluding carboxylic acids is 1. The summed E-state index contributed by atoms with van der Waals surface area (Å²) in [4.78, 5) is 11.9. The lowest BCUT2D eigenvalue weighted by atomic mass is 9.91. The molecule has 0 spiro atoms. The standard InChI is InChI=1S/C17H25NO2/c1-12(18-16(19)11-17(2,3)4)9-13-5-6-15-14(10-13)7-8-20-15/h5-6,10,12H,7-9,11H2,1-4H3,(H,18,19). The topological polar surface area (TPSA) is 38.3 Å². The van der Waals surface area contributed by atoms with Crippen molar-refractivity contribution in [2.24, 2.45) is 5.41 Å². The zero-order chi connectivity index (χ0) is 14.8. The Balaban J connectivity index is 1.88. The molecule has 1 aromatic carbocycles. The molecule has 1 N–H and O–H groups in total. The molecule has 0 saturated heterocycles. The number of fused-ring (bicyclic) bond motifs is 1. The number of nitrogens with one attached hydrogen (secondary N) is 1. The van der Waals surface area contributed by atoms with Gasteiger partial charge in [-0.15, -0.1) is 0 Å². The van der Waals surface area contributed by atoms with E-state index in [1.54, 1.807) is 0 Å². The first-order chi connectivity index (χ1) is 9.33. The molecule has 1 amide bonds. The Morgan fingerprint density at radius 2 is 2.15 bits per heavy atom. The van der Waals surface area contributed by atoms with Gasteiger partial charge < -0.3 is 10.1 Å². The summed E-state index contributed by atoms with van der Waals surface area (Å²) in [6, 6.07) is 6.50. The van der Waals surface area contributed by atoms with Crippen molar-refractivity contribution in [2.45, 2.75) is 53.0 Å². The molecule has 2 rings (SSSR count). The molecule has 0 aliphatic carbocycles. The van der Waals surface area contributed by atoms with E-state index in [1.807, 2.05) is 6.07 Å². The third kappa shape index (κ3) is 4.26. The number of hydrogen-bond donors (Lipinski definition) is 1. The zero-order valence-corrected chi connectivity index (χ0v) is 13.0. The molecule has 0 radical (unpaired) electrons. The average molecular weight is 275 g/mol. The Morgan fingerprint density at radius 3 is 2.85 bits per heavy atom. The second-order valence-electron chi connectivity index (χ2n) is 6.95. The molecule has 20 heavy (non-hydrogen) atoms. The van der Waals surface area contributed by atoms with Gasteiger partial charge in [0.2, 0.25) is 5.91 Å². The third-order valence-electron chi connectivity index (χ3n) is 3.39. The second-order valence-corrected chi connectivity index (χ2v) is 6.95.